The van der Waals surface area contributed by atoms with Crippen molar-refractivity contribution in [2.24, 2.45) is 0 Å². The monoisotopic (exact) mass is 750 g/mol. The summed E-state index contributed by atoms with van der Waals surface area (Å²) in [5, 5.41) is 23.6. The second-order valence-corrected chi connectivity index (χ2v) is 16.2. The molecule has 0 aromatic carbocycles. The van der Waals surface area contributed by atoms with E-state index in [0.29, 0.717) is 19.3 Å². The molecule has 0 radical (unpaired) electrons. The molecule has 3 atom stereocenters. The van der Waals surface area contributed by atoms with Gasteiger partial charge < -0.3 is 20.3 Å². The van der Waals surface area contributed by atoms with Gasteiger partial charge in [0.15, 0.2) is 0 Å². The molecule has 0 rings (SSSR count). The summed E-state index contributed by atoms with van der Waals surface area (Å²) in [6.07, 6.45) is 44.1. The molecule has 0 saturated carbocycles. The van der Waals surface area contributed by atoms with Crippen LogP contribution in [0.4, 0.5) is 0 Å². The highest BCUT2D eigenvalue weighted by molar-refractivity contribution is 5.77. The zero-order valence-corrected chi connectivity index (χ0v) is 35.7. The second-order valence-electron chi connectivity index (χ2n) is 16.2. The van der Waals surface area contributed by atoms with Gasteiger partial charge in [-0.05, 0) is 51.4 Å². The Labute approximate surface area is 329 Å². The maximum Gasteiger partial charge on any atom is 0.306 e. The SMILES string of the molecule is CCCCCCCCC/C=C\CCCCCC(=O)OC(CCCCCCCCCCCCC)CC(=O)NC(CO)C(O)CCCCCCCCCCC. The molecule has 314 valence electrons. The van der Waals surface area contributed by atoms with Gasteiger partial charge in [0.2, 0.25) is 5.91 Å². The van der Waals surface area contributed by atoms with Gasteiger partial charge in [-0.25, -0.2) is 0 Å². The first-order chi connectivity index (χ1) is 26.0. The summed E-state index contributed by atoms with van der Waals surface area (Å²) in [5.74, 6) is -0.483. The summed E-state index contributed by atoms with van der Waals surface area (Å²) in [6, 6.07) is -0.695. The number of esters is 1. The first kappa shape index (κ1) is 51.6. The molecule has 1 amide bonds. The Balaban J connectivity index is 4.56. The van der Waals surface area contributed by atoms with Gasteiger partial charge in [0, 0.05) is 6.42 Å². The van der Waals surface area contributed by atoms with Crippen molar-refractivity contribution >= 4 is 11.9 Å². The molecule has 0 bridgehead atoms. The number of carbonyl (C=O) groups is 2. The number of hydrogen-bond donors (Lipinski definition) is 3. The van der Waals surface area contributed by atoms with Crippen LogP contribution in [0.1, 0.15) is 252 Å². The maximum absolute atomic E-state index is 13.1. The highest BCUT2D eigenvalue weighted by Crippen LogP contribution is 2.18. The lowest BCUT2D eigenvalue weighted by Crippen LogP contribution is -2.46. The van der Waals surface area contributed by atoms with Gasteiger partial charge >= 0.3 is 5.97 Å². The fraction of sp³-hybridized carbons (Fsp3) is 0.915. The van der Waals surface area contributed by atoms with E-state index in [9.17, 15) is 19.8 Å². The summed E-state index contributed by atoms with van der Waals surface area (Å²) >= 11 is 0. The standard InChI is InChI=1S/C47H91NO5/c1-4-7-10-13-16-19-21-22-23-25-28-31-34-37-40-47(52)53-43(38-35-32-29-27-24-20-17-14-11-8-5-2)41-46(51)48-44(42-49)45(50)39-36-33-30-26-18-15-12-9-6-3/h23,25,43-45,49-50H,4-22,24,26-42H2,1-3H3,(H,48,51)/b25-23-. The molecule has 0 aliphatic rings. The molecule has 0 saturated heterocycles. The van der Waals surface area contributed by atoms with E-state index in [2.05, 4.69) is 38.2 Å². The van der Waals surface area contributed by atoms with E-state index >= 15 is 0 Å². The van der Waals surface area contributed by atoms with Gasteiger partial charge in [-0.1, -0.05) is 200 Å². The Bertz CT molecular complexity index is 802. The van der Waals surface area contributed by atoms with Gasteiger partial charge in [0.05, 0.1) is 25.2 Å². The molecular weight excluding hydrogens is 659 g/mol. The number of nitrogens with one attached hydrogen (secondary N) is 1. The first-order valence-electron chi connectivity index (χ1n) is 23.4. The van der Waals surface area contributed by atoms with E-state index < -0.39 is 18.2 Å². The smallest absolute Gasteiger partial charge is 0.306 e. The third-order valence-corrected chi connectivity index (χ3v) is 10.8. The summed E-state index contributed by atoms with van der Waals surface area (Å²) in [4.78, 5) is 26.0. The van der Waals surface area contributed by atoms with Gasteiger partial charge in [0.25, 0.3) is 0 Å². The predicted octanol–water partition coefficient (Wildman–Crippen LogP) is 13.4. The van der Waals surface area contributed by atoms with E-state index in [0.717, 1.165) is 57.8 Å². The van der Waals surface area contributed by atoms with Crippen LogP contribution in [0.3, 0.4) is 0 Å². The number of carbonyl (C=O) groups excluding carboxylic acids is 2. The molecule has 0 aliphatic carbocycles. The van der Waals surface area contributed by atoms with Crippen molar-refractivity contribution in [2.45, 2.75) is 270 Å². The fourth-order valence-corrected chi connectivity index (χ4v) is 7.25. The van der Waals surface area contributed by atoms with Crippen molar-refractivity contribution in [3.8, 4) is 0 Å². The largest absolute Gasteiger partial charge is 0.462 e. The molecular formula is C47H91NO5. The van der Waals surface area contributed by atoms with Crippen molar-refractivity contribution in [2.75, 3.05) is 6.61 Å². The topological polar surface area (TPSA) is 95.9 Å². The van der Waals surface area contributed by atoms with Crippen LogP contribution in [0.2, 0.25) is 0 Å². The van der Waals surface area contributed by atoms with E-state index in [1.54, 1.807) is 0 Å². The molecule has 0 fully saturated rings. The van der Waals surface area contributed by atoms with E-state index in [-0.39, 0.29) is 24.9 Å². The Morgan fingerprint density at radius 1 is 0.528 bits per heavy atom. The number of ether oxygens (including phenoxy) is 1. The molecule has 0 heterocycles. The zero-order chi connectivity index (χ0) is 38.9. The number of hydrogen-bond acceptors (Lipinski definition) is 5. The van der Waals surface area contributed by atoms with Crippen LogP contribution in [0.15, 0.2) is 12.2 Å². The Morgan fingerprint density at radius 3 is 1.34 bits per heavy atom. The fourth-order valence-electron chi connectivity index (χ4n) is 7.25. The van der Waals surface area contributed by atoms with Gasteiger partial charge in [-0.3, -0.25) is 9.59 Å². The number of allylic oxidation sites excluding steroid dienone is 2. The molecule has 0 spiro atoms. The lowest BCUT2D eigenvalue weighted by Gasteiger charge is -2.24. The predicted molar refractivity (Wildman–Crippen MR) is 227 cm³/mol. The molecule has 0 aromatic heterocycles. The molecule has 3 N–H and O–H groups in total. The van der Waals surface area contributed by atoms with Crippen LogP contribution in [0.25, 0.3) is 0 Å². The van der Waals surface area contributed by atoms with Gasteiger partial charge in [-0.15, -0.1) is 0 Å². The number of aliphatic hydroxyl groups excluding tert-OH is 2. The van der Waals surface area contributed by atoms with Crippen LogP contribution in [0, 0.1) is 0 Å². The minimum atomic E-state index is -0.781. The normalized spacial score (nSPS) is 13.4. The first-order valence-corrected chi connectivity index (χ1v) is 23.4. The van der Waals surface area contributed by atoms with Crippen molar-refractivity contribution in [1.82, 2.24) is 5.32 Å². The summed E-state index contributed by atoms with van der Waals surface area (Å²) in [5.41, 5.74) is 0. The lowest BCUT2D eigenvalue weighted by atomic mass is 10.0. The molecule has 0 aromatic rings. The molecule has 3 unspecified atom stereocenters. The summed E-state index contributed by atoms with van der Waals surface area (Å²) in [7, 11) is 0. The Kier molecular flexibility index (Phi) is 40.7. The summed E-state index contributed by atoms with van der Waals surface area (Å²) in [6.45, 7) is 6.45. The van der Waals surface area contributed by atoms with E-state index in [1.165, 1.54) is 148 Å². The zero-order valence-electron chi connectivity index (χ0n) is 35.7. The number of rotatable bonds is 42. The highest BCUT2D eigenvalue weighted by atomic mass is 16.5. The quantitative estimate of drug-likeness (QED) is 0.0328. The third-order valence-electron chi connectivity index (χ3n) is 10.8. The average molecular weight is 750 g/mol. The molecule has 6 heteroatoms. The summed E-state index contributed by atoms with van der Waals surface area (Å²) < 4.78 is 5.90. The van der Waals surface area contributed by atoms with Crippen LogP contribution < -0.4 is 5.32 Å². The third kappa shape index (κ3) is 37.3. The number of aliphatic hydroxyl groups is 2. The molecule has 6 nitrogen and oxygen atoms in total. The van der Waals surface area contributed by atoms with Crippen LogP contribution in [-0.4, -0.2) is 46.9 Å². The minimum absolute atomic E-state index is 0.0777. The average Bonchev–Trinajstić information content (AvgIpc) is 3.15. The van der Waals surface area contributed by atoms with E-state index in [4.69, 9.17) is 4.74 Å². The Morgan fingerprint density at radius 2 is 0.906 bits per heavy atom. The van der Waals surface area contributed by atoms with Crippen LogP contribution in [0.5, 0.6) is 0 Å². The molecule has 53 heavy (non-hydrogen) atoms. The lowest BCUT2D eigenvalue weighted by molar-refractivity contribution is -0.151. The number of amides is 1. The van der Waals surface area contributed by atoms with Gasteiger partial charge in [-0.2, -0.15) is 0 Å². The second kappa shape index (κ2) is 41.8. The van der Waals surface area contributed by atoms with Crippen molar-refractivity contribution in [3.63, 3.8) is 0 Å². The maximum atomic E-state index is 13.1. The van der Waals surface area contributed by atoms with Crippen LogP contribution in [-0.2, 0) is 14.3 Å². The van der Waals surface area contributed by atoms with Crippen LogP contribution >= 0.6 is 0 Å². The number of unbranched alkanes of at least 4 members (excludes halogenated alkanes) is 28. The minimum Gasteiger partial charge on any atom is -0.462 e. The Hall–Kier alpha value is -1.40. The van der Waals surface area contributed by atoms with Crippen molar-refractivity contribution in [3.05, 3.63) is 12.2 Å². The van der Waals surface area contributed by atoms with Gasteiger partial charge in [0.1, 0.15) is 6.10 Å². The van der Waals surface area contributed by atoms with E-state index in [1.807, 2.05) is 0 Å². The van der Waals surface area contributed by atoms with Crippen molar-refractivity contribution < 1.29 is 24.5 Å². The molecule has 0 aliphatic heterocycles. The highest BCUT2D eigenvalue weighted by Gasteiger charge is 2.24. The van der Waals surface area contributed by atoms with Crippen molar-refractivity contribution in [1.29, 1.82) is 0 Å².